The number of likely N-dealkylation sites (tertiary alicyclic amines) is 1. The van der Waals surface area contributed by atoms with Gasteiger partial charge in [-0.2, -0.15) is 0 Å². The van der Waals surface area contributed by atoms with Crippen molar-refractivity contribution in [3.8, 4) is 11.5 Å². The van der Waals surface area contributed by atoms with Gasteiger partial charge in [0.1, 0.15) is 11.5 Å². The molecule has 1 saturated heterocycles. The van der Waals surface area contributed by atoms with Crippen LogP contribution in [0.3, 0.4) is 0 Å². The maximum atomic E-state index is 13.1. The summed E-state index contributed by atoms with van der Waals surface area (Å²) < 4.78 is 5.95. The molecule has 1 fully saturated rings. The summed E-state index contributed by atoms with van der Waals surface area (Å²) >= 11 is 0. The number of rotatable bonds is 3. The molecule has 2 aliphatic heterocycles. The molecule has 3 aromatic rings. The van der Waals surface area contributed by atoms with Gasteiger partial charge in [-0.3, -0.25) is 14.6 Å². The minimum atomic E-state index is -0.0523. The highest BCUT2D eigenvalue weighted by Gasteiger charge is 2.33. The first-order valence-electron chi connectivity index (χ1n) is 10.7. The molecule has 0 radical (unpaired) electrons. The van der Waals surface area contributed by atoms with Crippen LogP contribution in [-0.4, -0.2) is 51.2 Å². The summed E-state index contributed by atoms with van der Waals surface area (Å²) in [6.07, 6.45) is 5.31. The van der Waals surface area contributed by atoms with Crippen molar-refractivity contribution in [3.63, 3.8) is 0 Å². The Hall–Kier alpha value is -3.48. The van der Waals surface area contributed by atoms with Gasteiger partial charge in [-0.15, -0.1) is 0 Å². The van der Waals surface area contributed by atoms with Gasteiger partial charge >= 0.3 is 0 Å². The third-order valence-electron chi connectivity index (χ3n) is 6.12. The van der Waals surface area contributed by atoms with Gasteiger partial charge in [-0.05, 0) is 37.1 Å². The molecule has 4 heterocycles. The molecular weight excluding hydrogens is 392 g/mol. The third kappa shape index (κ3) is 3.95. The predicted molar refractivity (Wildman–Crippen MR) is 114 cm³/mol. The maximum absolute atomic E-state index is 13.1. The topological polar surface area (TPSA) is 79.5 Å². The smallest absolute Gasteiger partial charge is 0.253 e. The van der Waals surface area contributed by atoms with Crippen molar-refractivity contribution in [2.75, 3.05) is 19.6 Å². The number of oxazole rings is 1. The number of amides is 2. The van der Waals surface area contributed by atoms with E-state index in [2.05, 4.69) is 9.97 Å². The average Bonchev–Trinajstić information content (AvgIpc) is 3.28. The van der Waals surface area contributed by atoms with E-state index in [0.29, 0.717) is 56.9 Å². The molecule has 0 bridgehead atoms. The van der Waals surface area contributed by atoms with E-state index in [9.17, 15) is 9.59 Å². The molecule has 0 aliphatic carbocycles. The fourth-order valence-electron chi connectivity index (χ4n) is 4.36. The zero-order valence-corrected chi connectivity index (χ0v) is 17.2. The second-order valence-corrected chi connectivity index (χ2v) is 8.07. The summed E-state index contributed by atoms with van der Waals surface area (Å²) in [5, 5.41) is 0. The molecule has 5 rings (SSSR count). The number of aromatic nitrogens is 2. The minimum absolute atomic E-state index is 0.00644. The molecule has 2 aromatic heterocycles. The van der Waals surface area contributed by atoms with Gasteiger partial charge in [0.15, 0.2) is 0 Å². The number of pyridine rings is 1. The Bertz CT molecular complexity index is 1070. The predicted octanol–water partition coefficient (Wildman–Crippen LogP) is 3.17. The Kier molecular flexibility index (Phi) is 5.24. The lowest BCUT2D eigenvalue weighted by molar-refractivity contribution is -0.138. The Morgan fingerprint density at radius 2 is 1.68 bits per heavy atom. The molecule has 0 unspecified atom stereocenters. The van der Waals surface area contributed by atoms with Crippen molar-refractivity contribution in [2.45, 2.75) is 25.8 Å². The van der Waals surface area contributed by atoms with E-state index in [1.807, 2.05) is 40.1 Å². The van der Waals surface area contributed by atoms with Crippen molar-refractivity contribution >= 4 is 11.8 Å². The van der Waals surface area contributed by atoms with Crippen molar-refractivity contribution < 1.29 is 14.0 Å². The van der Waals surface area contributed by atoms with Gasteiger partial charge < -0.3 is 14.2 Å². The van der Waals surface area contributed by atoms with Crippen LogP contribution in [0.25, 0.3) is 11.5 Å². The molecule has 2 amide bonds. The summed E-state index contributed by atoms with van der Waals surface area (Å²) in [5.41, 5.74) is 2.44. The molecule has 1 aromatic carbocycles. The Morgan fingerprint density at radius 1 is 0.935 bits per heavy atom. The number of nitrogens with zero attached hydrogens (tertiary/aromatic N) is 4. The van der Waals surface area contributed by atoms with Gasteiger partial charge in [0.05, 0.1) is 6.54 Å². The van der Waals surface area contributed by atoms with Crippen LogP contribution < -0.4 is 0 Å². The summed E-state index contributed by atoms with van der Waals surface area (Å²) in [7, 11) is 0. The number of piperidine rings is 1. The second kappa shape index (κ2) is 8.34. The number of hydrogen-bond donors (Lipinski definition) is 0. The van der Waals surface area contributed by atoms with E-state index in [1.54, 1.807) is 24.5 Å². The van der Waals surface area contributed by atoms with Crippen LogP contribution in [0.5, 0.6) is 0 Å². The summed E-state index contributed by atoms with van der Waals surface area (Å²) in [4.78, 5) is 38.1. The number of benzene rings is 1. The molecule has 7 heteroatoms. The Labute approximate surface area is 180 Å². The largest absolute Gasteiger partial charge is 0.441 e. The van der Waals surface area contributed by atoms with Crippen LogP contribution >= 0.6 is 0 Å². The van der Waals surface area contributed by atoms with Crippen LogP contribution in [0.2, 0.25) is 0 Å². The van der Waals surface area contributed by atoms with Crippen molar-refractivity contribution in [3.05, 3.63) is 71.9 Å². The average molecular weight is 416 g/mol. The van der Waals surface area contributed by atoms with E-state index in [4.69, 9.17) is 4.42 Å². The molecule has 2 aliphatic rings. The standard InChI is InChI=1S/C24H24N4O3/c29-23(18-6-11-25-12-7-18)27-13-8-19(9-14-27)24(30)28-15-10-21-20(16-28)26-22(31-21)17-4-2-1-3-5-17/h1-7,11-12,19H,8-10,13-16H2. The Morgan fingerprint density at radius 3 is 2.42 bits per heavy atom. The first-order chi connectivity index (χ1) is 15.2. The van der Waals surface area contributed by atoms with Crippen LogP contribution in [-0.2, 0) is 17.8 Å². The molecule has 0 atom stereocenters. The summed E-state index contributed by atoms with van der Waals surface area (Å²) in [6.45, 7) is 2.32. The van der Waals surface area contributed by atoms with Gasteiger partial charge in [0.2, 0.25) is 11.8 Å². The van der Waals surface area contributed by atoms with Gasteiger partial charge in [-0.1, -0.05) is 18.2 Å². The Balaban J connectivity index is 1.20. The number of carbonyl (C=O) groups is 2. The van der Waals surface area contributed by atoms with Gasteiger partial charge in [0, 0.05) is 55.5 Å². The number of fused-ring (bicyclic) bond motifs is 1. The molecule has 158 valence electrons. The van der Waals surface area contributed by atoms with Crippen molar-refractivity contribution in [2.24, 2.45) is 5.92 Å². The molecule has 7 nitrogen and oxygen atoms in total. The summed E-state index contributed by atoms with van der Waals surface area (Å²) in [5.74, 6) is 1.60. The third-order valence-corrected chi connectivity index (χ3v) is 6.12. The van der Waals surface area contributed by atoms with Crippen molar-refractivity contribution in [1.29, 1.82) is 0 Å². The van der Waals surface area contributed by atoms with E-state index >= 15 is 0 Å². The van der Waals surface area contributed by atoms with Crippen LogP contribution in [0.4, 0.5) is 0 Å². The van der Waals surface area contributed by atoms with E-state index in [1.165, 1.54) is 0 Å². The lowest BCUT2D eigenvalue weighted by Gasteiger charge is -2.35. The molecule has 31 heavy (non-hydrogen) atoms. The minimum Gasteiger partial charge on any atom is -0.441 e. The molecular formula is C24H24N4O3. The lowest BCUT2D eigenvalue weighted by atomic mass is 9.94. The van der Waals surface area contributed by atoms with E-state index < -0.39 is 0 Å². The normalized spacial score (nSPS) is 16.8. The van der Waals surface area contributed by atoms with Gasteiger partial charge in [-0.25, -0.2) is 4.98 Å². The molecule has 0 N–H and O–H groups in total. The monoisotopic (exact) mass is 416 g/mol. The molecule has 0 saturated carbocycles. The first kappa shape index (κ1) is 19.5. The second-order valence-electron chi connectivity index (χ2n) is 8.07. The highest BCUT2D eigenvalue weighted by Crippen LogP contribution is 2.28. The summed E-state index contributed by atoms with van der Waals surface area (Å²) in [6, 6.07) is 13.3. The quantitative estimate of drug-likeness (QED) is 0.655. The zero-order valence-electron chi connectivity index (χ0n) is 17.2. The maximum Gasteiger partial charge on any atom is 0.253 e. The van der Waals surface area contributed by atoms with E-state index in [0.717, 1.165) is 17.0 Å². The van der Waals surface area contributed by atoms with E-state index in [-0.39, 0.29) is 17.7 Å². The molecule has 0 spiro atoms. The SMILES string of the molecule is O=C(c1ccncc1)N1CCC(C(=O)N2CCc3oc(-c4ccccc4)nc3C2)CC1. The number of carbonyl (C=O) groups excluding carboxylic acids is 2. The fourth-order valence-corrected chi connectivity index (χ4v) is 4.36. The highest BCUT2D eigenvalue weighted by molar-refractivity contribution is 5.94. The van der Waals surface area contributed by atoms with Crippen molar-refractivity contribution in [1.82, 2.24) is 19.8 Å². The van der Waals surface area contributed by atoms with Crippen LogP contribution in [0, 0.1) is 5.92 Å². The van der Waals surface area contributed by atoms with Crippen LogP contribution in [0.1, 0.15) is 34.7 Å². The lowest BCUT2D eigenvalue weighted by Crippen LogP contribution is -2.45. The van der Waals surface area contributed by atoms with Crippen LogP contribution in [0.15, 0.2) is 59.3 Å². The van der Waals surface area contributed by atoms with Gasteiger partial charge in [0.25, 0.3) is 5.91 Å². The number of hydrogen-bond acceptors (Lipinski definition) is 5. The zero-order chi connectivity index (χ0) is 21.2. The first-order valence-corrected chi connectivity index (χ1v) is 10.7. The highest BCUT2D eigenvalue weighted by atomic mass is 16.4. The fraction of sp³-hybridized carbons (Fsp3) is 0.333.